The highest BCUT2D eigenvalue weighted by Gasteiger charge is 2.44. The largest absolute Gasteiger partial charge is 0.508 e. The summed E-state index contributed by atoms with van der Waals surface area (Å²) in [7, 11) is 1.41. The maximum Gasteiger partial charge on any atom is 0.229 e. The Balaban J connectivity index is 1.49. The monoisotopic (exact) mass is 448 g/mol. The summed E-state index contributed by atoms with van der Waals surface area (Å²) in [6.45, 7) is -0.557. The lowest BCUT2D eigenvalue weighted by Crippen LogP contribution is -2.60. The number of carbonyl (C=O) groups is 1. The Morgan fingerprint density at radius 3 is 2.44 bits per heavy atom. The van der Waals surface area contributed by atoms with E-state index in [1.54, 1.807) is 24.3 Å². The third-order valence-corrected chi connectivity index (χ3v) is 5.54. The van der Waals surface area contributed by atoms with E-state index in [0.717, 1.165) is 0 Å². The number of Topliss-reactive ketones (excluding diaryl/α,β-unsaturated/α-hetero) is 1. The first-order valence-corrected chi connectivity index (χ1v) is 10.0. The highest BCUT2D eigenvalue weighted by Crippen LogP contribution is 2.42. The fraction of sp³-hybridized carbons (Fsp3) is 0.409. The number of carbonyl (C=O) groups excluding carboxylic acids is 1. The third-order valence-electron chi connectivity index (χ3n) is 5.54. The minimum Gasteiger partial charge on any atom is -0.508 e. The van der Waals surface area contributed by atoms with Gasteiger partial charge in [0.1, 0.15) is 59.1 Å². The Hall–Kier alpha value is -2.89. The van der Waals surface area contributed by atoms with Gasteiger partial charge >= 0.3 is 0 Å². The SMILES string of the molecule is COc1cc(O)cc2c1C(=O)CC(c1ccc(O[C@@H]3OC(CO)[C@@H](O)[C@H](O)C3O)cc1)O2. The van der Waals surface area contributed by atoms with Crippen LogP contribution in [-0.2, 0) is 4.74 Å². The van der Waals surface area contributed by atoms with E-state index in [0.29, 0.717) is 11.3 Å². The minimum atomic E-state index is -1.54. The van der Waals surface area contributed by atoms with Crippen LogP contribution < -0.4 is 14.2 Å². The van der Waals surface area contributed by atoms with Gasteiger partial charge < -0.3 is 44.5 Å². The molecule has 2 heterocycles. The third kappa shape index (κ3) is 4.10. The molecule has 3 unspecified atom stereocenters. The van der Waals surface area contributed by atoms with E-state index in [2.05, 4.69) is 0 Å². The predicted octanol–water partition coefficient (Wildman–Crippen LogP) is 0.286. The van der Waals surface area contributed by atoms with Crippen LogP contribution in [0.1, 0.15) is 28.4 Å². The minimum absolute atomic E-state index is 0.0705. The van der Waals surface area contributed by atoms with Crippen LogP contribution in [0.15, 0.2) is 36.4 Å². The molecule has 32 heavy (non-hydrogen) atoms. The van der Waals surface area contributed by atoms with Gasteiger partial charge in [-0.1, -0.05) is 12.1 Å². The quantitative estimate of drug-likeness (QED) is 0.431. The van der Waals surface area contributed by atoms with Gasteiger partial charge in [-0.2, -0.15) is 0 Å². The lowest BCUT2D eigenvalue weighted by atomic mass is 9.95. The number of phenolic OH excluding ortho intramolecular Hbond substituents is 1. The van der Waals surface area contributed by atoms with Crippen molar-refractivity contribution < 1.29 is 49.3 Å². The number of ketones is 1. The van der Waals surface area contributed by atoms with Gasteiger partial charge in [0.2, 0.25) is 6.29 Å². The smallest absolute Gasteiger partial charge is 0.229 e. The van der Waals surface area contributed by atoms with Crippen molar-refractivity contribution in [3.8, 4) is 23.0 Å². The van der Waals surface area contributed by atoms with Crippen LogP contribution >= 0.6 is 0 Å². The predicted molar refractivity (Wildman–Crippen MR) is 108 cm³/mol. The van der Waals surface area contributed by atoms with E-state index >= 15 is 0 Å². The second kappa shape index (κ2) is 8.93. The van der Waals surface area contributed by atoms with Crippen LogP contribution in [0.4, 0.5) is 0 Å². The molecule has 0 spiro atoms. The molecule has 2 aromatic carbocycles. The molecule has 2 aromatic rings. The molecule has 2 aliphatic heterocycles. The van der Waals surface area contributed by atoms with Gasteiger partial charge in [-0.05, 0) is 17.7 Å². The number of phenols is 1. The molecule has 6 atom stereocenters. The lowest BCUT2D eigenvalue weighted by Gasteiger charge is -2.39. The Bertz CT molecular complexity index is 973. The van der Waals surface area contributed by atoms with Crippen LogP contribution in [-0.4, -0.2) is 75.7 Å². The summed E-state index contributed by atoms with van der Waals surface area (Å²) in [6.07, 6.45) is -7.44. The van der Waals surface area contributed by atoms with E-state index in [-0.39, 0.29) is 35.0 Å². The van der Waals surface area contributed by atoms with E-state index in [1.807, 2.05) is 0 Å². The molecule has 4 rings (SSSR count). The molecule has 0 aromatic heterocycles. The second-order valence-corrected chi connectivity index (χ2v) is 7.64. The number of aliphatic hydroxyl groups excluding tert-OH is 4. The number of hydrogen-bond donors (Lipinski definition) is 5. The van der Waals surface area contributed by atoms with Crippen molar-refractivity contribution in [2.75, 3.05) is 13.7 Å². The molecule has 2 aliphatic rings. The summed E-state index contributed by atoms with van der Waals surface area (Å²) in [6, 6.07) is 9.20. The number of aromatic hydroxyl groups is 1. The molecule has 0 aliphatic carbocycles. The summed E-state index contributed by atoms with van der Waals surface area (Å²) < 4.78 is 22.0. The van der Waals surface area contributed by atoms with Crippen LogP contribution in [0.5, 0.6) is 23.0 Å². The summed E-state index contributed by atoms with van der Waals surface area (Å²) in [5.74, 6) is 0.489. The lowest BCUT2D eigenvalue weighted by molar-refractivity contribution is -0.277. The molecule has 10 heteroatoms. The van der Waals surface area contributed by atoms with Gasteiger partial charge in [-0.25, -0.2) is 0 Å². The molecule has 0 radical (unpaired) electrons. The maximum absolute atomic E-state index is 12.7. The Labute approximate surface area is 183 Å². The second-order valence-electron chi connectivity index (χ2n) is 7.64. The first-order chi connectivity index (χ1) is 15.3. The highest BCUT2D eigenvalue weighted by atomic mass is 16.7. The van der Waals surface area contributed by atoms with Gasteiger partial charge in [-0.3, -0.25) is 4.79 Å². The molecular weight excluding hydrogens is 424 g/mol. The van der Waals surface area contributed by atoms with Gasteiger partial charge in [0, 0.05) is 12.1 Å². The van der Waals surface area contributed by atoms with E-state index in [9.17, 15) is 30.3 Å². The van der Waals surface area contributed by atoms with Crippen molar-refractivity contribution in [3.63, 3.8) is 0 Å². The average Bonchev–Trinajstić information content (AvgIpc) is 2.78. The Kier molecular flexibility index (Phi) is 6.22. The van der Waals surface area contributed by atoms with E-state index < -0.39 is 43.4 Å². The fourth-order valence-corrected chi connectivity index (χ4v) is 3.82. The number of methoxy groups -OCH3 is 1. The summed E-state index contributed by atoms with van der Waals surface area (Å²) >= 11 is 0. The maximum atomic E-state index is 12.7. The number of hydrogen-bond acceptors (Lipinski definition) is 10. The topological polar surface area (TPSA) is 155 Å². The van der Waals surface area contributed by atoms with Gasteiger partial charge in [-0.15, -0.1) is 0 Å². The highest BCUT2D eigenvalue weighted by molar-refractivity contribution is 6.02. The van der Waals surface area contributed by atoms with Crippen molar-refractivity contribution in [1.29, 1.82) is 0 Å². The standard InChI is InChI=1S/C22H24O10/c1-29-15-6-11(24)7-16-18(15)13(25)8-14(31-16)10-2-4-12(5-3-10)30-22-21(28)20(27)19(26)17(9-23)32-22/h2-7,14,17,19-24,26-28H,8-9H2,1H3/t14?,17?,19-,20+,21?,22-/m1/s1. The zero-order chi connectivity index (χ0) is 23.0. The average molecular weight is 448 g/mol. The zero-order valence-electron chi connectivity index (χ0n) is 17.1. The number of ether oxygens (including phenoxy) is 4. The van der Waals surface area contributed by atoms with E-state index in [1.165, 1.54) is 19.2 Å². The van der Waals surface area contributed by atoms with Crippen molar-refractivity contribution in [2.45, 2.75) is 43.2 Å². The molecular formula is C22H24O10. The summed E-state index contributed by atoms with van der Waals surface area (Å²) in [5, 5.41) is 49.0. The molecule has 0 amide bonds. The van der Waals surface area contributed by atoms with Gasteiger partial charge in [0.05, 0.1) is 20.1 Å². The van der Waals surface area contributed by atoms with Gasteiger partial charge in [0.15, 0.2) is 5.78 Å². The van der Waals surface area contributed by atoms with Gasteiger partial charge in [0.25, 0.3) is 0 Å². The van der Waals surface area contributed by atoms with Crippen molar-refractivity contribution in [3.05, 3.63) is 47.5 Å². The summed E-state index contributed by atoms with van der Waals surface area (Å²) in [5.41, 5.74) is 0.955. The first kappa shape index (κ1) is 22.3. The molecule has 0 saturated carbocycles. The summed E-state index contributed by atoms with van der Waals surface area (Å²) in [4.78, 5) is 12.7. The number of benzene rings is 2. The Morgan fingerprint density at radius 2 is 1.78 bits per heavy atom. The first-order valence-electron chi connectivity index (χ1n) is 10.0. The number of aliphatic hydroxyl groups is 4. The number of fused-ring (bicyclic) bond motifs is 1. The fourth-order valence-electron chi connectivity index (χ4n) is 3.82. The van der Waals surface area contributed by atoms with Crippen LogP contribution in [0, 0.1) is 0 Å². The van der Waals surface area contributed by atoms with Crippen molar-refractivity contribution in [2.24, 2.45) is 0 Å². The molecule has 172 valence electrons. The molecule has 1 fully saturated rings. The van der Waals surface area contributed by atoms with Crippen molar-refractivity contribution >= 4 is 5.78 Å². The van der Waals surface area contributed by atoms with Crippen molar-refractivity contribution in [1.82, 2.24) is 0 Å². The van der Waals surface area contributed by atoms with Crippen LogP contribution in [0.3, 0.4) is 0 Å². The van der Waals surface area contributed by atoms with E-state index in [4.69, 9.17) is 18.9 Å². The molecule has 0 bridgehead atoms. The Morgan fingerprint density at radius 1 is 1.06 bits per heavy atom. The normalized spacial score (nSPS) is 29.7. The molecule has 5 N–H and O–H groups in total. The zero-order valence-corrected chi connectivity index (χ0v) is 17.1. The molecule has 10 nitrogen and oxygen atoms in total. The van der Waals surface area contributed by atoms with Crippen LogP contribution in [0.25, 0.3) is 0 Å². The molecule has 1 saturated heterocycles. The van der Waals surface area contributed by atoms with Crippen LogP contribution in [0.2, 0.25) is 0 Å². The number of rotatable bonds is 5.